The van der Waals surface area contributed by atoms with Gasteiger partial charge in [0.05, 0.1) is 13.2 Å². The van der Waals surface area contributed by atoms with Gasteiger partial charge < -0.3 is 15.0 Å². The van der Waals surface area contributed by atoms with Gasteiger partial charge in [0.15, 0.2) is 5.13 Å². The lowest BCUT2D eigenvalue weighted by atomic mass is 9.98. The quantitative estimate of drug-likeness (QED) is 0.889. The van der Waals surface area contributed by atoms with Gasteiger partial charge in [-0.25, -0.2) is 4.98 Å². The summed E-state index contributed by atoms with van der Waals surface area (Å²) < 4.78 is 5.40. The molecule has 2 aliphatic rings. The lowest BCUT2D eigenvalue weighted by molar-refractivity contribution is 0.0295. The molecular formula is C16H26N4O2S. The molecule has 1 aromatic rings. The monoisotopic (exact) mass is 338 g/mol. The Morgan fingerprint density at radius 3 is 2.96 bits per heavy atom. The summed E-state index contributed by atoms with van der Waals surface area (Å²) in [7, 11) is 1.83. The van der Waals surface area contributed by atoms with Crippen LogP contribution in [0.1, 0.15) is 36.2 Å². The number of carbonyl (C=O) groups excluding carboxylic acids is 1. The highest BCUT2D eigenvalue weighted by molar-refractivity contribution is 7.13. The molecule has 0 radical (unpaired) electrons. The molecule has 1 amide bonds. The van der Waals surface area contributed by atoms with Crippen molar-refractivity contribution in [2.24, 2.45) is 0 Å². The Labute approximate surface area is 141 Å². The minimum absolute atomic E-state index is 0.0921. The number of thiazole rings is 1. The summed E-state index contributed by atoms with van der Waals surface area (Å²) in [5, 5.41) is 5.67. The number of ether oxygens (including phenoxy) is 1. The Bertz CT molecular complexity index is 516. The summed E-state index contributed by atoms with van der Waals surface area (Å²) in [6.07, 6.45) is 4.48. The number of nitrogens with one attached hydrogen (secondary N) is 1. The number of rotatable bonds is 5. The van der Waals surface area contributed by atoms with Crippen LogP contribution in [-0.2, 0) is 4.74 Å². The van der Waals surface area contributed by atoms with E-state index in [1.54, 1.807) is 0 Å². The van der Waals surface area contributed by atoms with Gasteiger partial charge in [0.1, 0.15) is 5.69 Å². The van der Waals surface area contributed by atoms with E-state index in [1.165, 1.54) is 17.8 Å². The number of likely N-dealkylation sites (tertiary alicyclic amines) is 1. The maximum Gasteiger partial charge on any atom is 0.273 e. The first kappa shape index (κ1) is 16.7. The maximum absolute atomic E-state index is 12.8. The maximum atomic E-state index is 12.8. The number of nitrogens with zero attached hydrogens (tertiary/aromatic N) is 3. The topological polar surface area (TPSA) is 57.7 Å². The molecule has 2 fully saturated rings. The highest BCUT2D eigenvalue weighted by Gasteiger charge is 2.29. The highest BCUT2D eigenvalue weighted by Crippen LogP contribution is 2.24. The van der Waals surface area contributed by atoms with E-state index >= 15 is 0 Å². The smallest absolute Gasteiger partial charge is 0.273 e. The Hall–Kier alpha value is -1.18. The summed E-state index contributed by atoms with van der Waals surface area (Å²) in [6.45, 7) is 5.60. The zero-order valence-corrected chi connectivity index (χ0v) is 14.6. The van der Waals surface area contributed by atoms with Crippen molar-refractivity contribution in [3.8, 4) is 0 Å². The van der Waals surface area contributed by atoms with Crippen molar-refractivity contribution in [1.29, 1.82) is 0 Å². The lowest BCUT2D eigenvalue weighted by Gasteiger charge is -2.37. The molecule has 2 aliphatic heterocycles. The molecule has 0 unspecified atom stereocenters. The second kappa shape index (κ2) is 8.08. The van der Waals surface area contributed by atoms with Crippen LogP contribution in [0.15, 0.2) is 5.38 Å². The van der Waals surface area contributed by atoms with Crippen molar-refractivity contribution in [3.63, 3.8) is 0 Å². The first-order valence-electron chi connectivity index (χ1n) is 8.52. The Morgan fingerprint density at radius 1 is 1.39 bits per heavy atom. The van der Waals surface area contributed by atoms with Gasteiger partial charge in [0.2, 0.25) is 0 Å². The number of piperidine rings is 1. The predicted molar refractivity (Wildman–Crippen MR) is 92.2 cm³/mol. The number of amides is 1. The second-order valence-corrected chi connectivity index (χ2v) is 7.04. The molecule has 0 aliphatic carbocycles. The van der Waals surface area contributed by atoms with Crippen LogP contribution < -0.4 is 5.32 Å². The van der Waals surface area contributed by atoms with Crippen molar-refractivity contribution >= 4 is 22.4 Å². The zero-order valence-electron chi connectivity index (χ0n) is 13.8. The van der Waals surface area contributed by atoms with Crippen molar-refractivity contribution in [2.75, 3.05) is 51.8 Å². The van der Waals surface area contributed by atoms with Crippen molar-refractivity contribution in [1.82, 2.24) is 14.8 Å². The largest absolute Gasteiger partial charge is 0.379 e. The normalized spacial score (nSPS) is 23.0. The molecule has 0 spiro atoms. The number of carbonyl (C=O) groups is 1. The van der Waals surface area contributed by atoms with Crippen LogP contribution in [0.25, 0.3) is 0 Å². The van der Waals surface area contributed by atoms with Gasteiger partial charge in [-0.15, -0.1) is 11.3 Å². The zero-order chi connectivity index (χ0) is 16.1. The third kappa shape index (κ3) is 4.22. The van der Waals surface area contributed by atoms with Gasteiger partial charge in [0.25, 0.3) is 5.91 Å². The molecule has 0 bridgehead atoms. The molecule has 6 nitrogen and oxygen atoms in total. The van der Waals surface area contributed by atoms with Crippen LogP contribution in [0.5, 0.6) is 0 Å². The van der Waals surface area contributed by atoms with Gasteiger partial charge in [0, 0.05) is 44.6 Å². The van der Waals surface area contributed by atoms with Gasteiger partial charge in [-0.3, -0.25) is 9.69 Å². The summed E-state index contributed by atoms with van der Waals surface area (Å²) >= 11 is 1.49. The van der Waals surface area contributed by atoms with Crippen LogP contribution >= 0.6 is 11.3 Å². The van der Waals surface area contributed by atoms with Gasteiger partial charge in [-0.2, -0.15) is 0 Å². The number of anilines is 1. The minimum Gasteiger partial charge on any atom is -0.379 e. The molecule has 128 valence electrons. The van der Waals surface area contributed by atoms with E-state index in [2.05, 4.69) is 20.1 Å². The van der Waals surface area contributed by atoms with Crippen LogP contribution in [0.2, 0.25) is 0 Å². The number of hydrogen-bond acceptors (Lipinski definition) is 6. The van der Waals surface area contributed by atoms with Crippen molar-refractivity contribution < 1.29 is 9.53 Å². The van der Waals surface area contributed by atoms with E-state index < -0.39 is 0 Å². The molecule has 0 saturated carbocycles. The number of morpholine rings is 1. The second-order valence-electron chi connectivity index (χ2n) is 6.18. The molecule has 1 aromatic heterocycles. The first-order chi connectivity index (χ1) is 11.3. The molecule has 0 aromatic carbocycles. The van der Waals surface area contributed by atoms with Crippen molar-refractivity contribution in [2.45, 2.75) is 31.7 Å². The highest BCUT2D eigenvalue weighted by atomic mass is 32.1. The molecule has 1 N–H and O–H groups in total. The number of aromatic nitrogens is 1. The summed E-state index contributed by atoms with van der Waals surface area (Å²) in [4.78, 5) is 21.7. The fourth-order valence-corrected chi connectivity index (χ4v) is 4.00. The Kier molecular flexibility index (Phi) is 5.85. The molecule has 7 heteroatoms. The Balaban J connectivity index is 1.59. The molecule has 1 atom stereocenters. The SMILES string of the molecule is CNc1nc(C(=O)N2CCCC[C@H]2CCN2CCOCC2)cs1. The van der Waals surface area contributed by atoms with E-state index in [4.69, 9.17) is 4.74 Å². The van der Waals surface area contributed by atoms with Gasteiger partial charge in [-0.1, -0.05) is 0 Å². The fourth-order valence-electron chi connectivity index (χ4n) is 3.36. The van der Waals surface area contributed by atoms with E-state index in [-0.39, 0.29) is 5.91 Å². The average molecular weight is 338 g/mol. The van der Waals surface area contributed by atoms with E-state index in [0.717, 1.165) is 63.8 Å². The third-order valence-electron chi connectivity index (χ3n) is 4.71. The number of hydrogen-bond donors (Lipinski definition) is 1. The van der Waals surface area contributed by atoms with Crippen molar-refractivity contribution in [3.05, 3.63) is 11.1 Å². The van der Waals surface area contributed by atoms with E-state index in [0.29, 0.717) is 11.7 Å². The first-order valence-corrected chi connectivity index (χ1v) is 9.40. The van der Waals surface area contributed by atoms with E-state index in [9.17, 15) is 4.79 Å². The molecule has 3 rings (SSSR count). The van der Waals surface area contributed by atoms with Crippen LogP contribution in [-0.4, -0.2) is 73.2 Å². The Morgan fingerprint density at radius 2 is 2.22 bits per heavy atom. The van der Waals surface area contributed by atoms with Gasteiger partial charge in [-0.05, 0) is 25.7 Å². The summed E-state index contributed by atoms with van der Waals surface area (Å²) in [5.41, 5.74) is 0.581. The summed E-state index contributed by atoms with van der Waals surface area (Å²) in [6, 6.07) is 0.346. The average Bonchev–Trinajstić information content (AvgIpc) is 3.10. The molecule has 3 heterocycles. The molecular weight excluding hydrogens is 312 g/mol. The van der Waals surface area contributed by atoms with Crippen LogP contribution in [0, 0.1) is 0 Å². The standard InChI is InChI=1S/C16H26N4O2S/c1-17-16-18-14(12-23-16)15(21)20-6-3-2-4-13(20)5-7-19-8-10-22-11-9-19/h12-13H,2-11H2,1H3,(H,17,18)/t13-/m0/s1. The third-order valence-corrected chi connectivity index (χ3v) is 5.57. The fraction of sp³-hybridized carbons (Fsp3) is 0.750. The summed E-state index contributed by atoms with van der Waals surface area (Å²) in [5.74, 6) is 0.0921. The predicted octanol–water partition coefficient (Wildman–Crippen LogP) is 1.90. The minimum atomic E-state index is 0.0921. The van der Waals surface area contributed by atoms with Crippen LogP contribution in [0.4, 0.5) is 5.13 Å². The van der Waals surface area contributed by atoms with Crippen LogP contribution in [0.3, 0.4) is 0 Å². The lowest BCUT2D eigenvalue weighted by Crippen LogP contribution is -2.46. The molecule has 23 heavy (non-hydrogen) atoms. The molecule has 2 saturated heterocycles. The van der Waals surface area contributed by atoms with Gasteiger partial charge >= 0.3 is 0 Å². The van der Waals surface area contributed by atoms with E-state index in [1.807, 2.05) is 12.4 Å².